The van der Waals surface area contributed by atoms with Gasteiger partial charge in [-0.2, -0.15) is 0 Å². The first-order valence-corrected chi connectivity index (χ1v) is 3.47. The van der Waals surface area contributed by atoms with Crippen LogP contribution in [0.15, 0.2) is 0 Å². The van der Waals surface area contributed by atoms with Gasteiger partial charge in [0.25, 0.3) is 0 Å². The van der Waals surface area contributed by atoms with Gasteiger partial charge in [-0.25, -0.2) is 0 Å². The summed E-state index contributed by atoms with van der Waals surface area (Å²) in [6.45, 7) is 0.705. The first-order valence-electron chi connectivity index (χ1n) is 3.47. The predicted molar refractivity (Wildman–Crippen MR) is 36.0 cm³/mol. The van der Waals surface area contributed by atoms with Gasteiger partial charge in [-0.15, -0.1) is 0 Å². The molecular formula is C7H10NO2. The van der Waals surface area contributed by atoms with Gasteiger partial charge in [0.05, 0.1) is 0 Å². The minimum Gasteiger partial charge on any atom is -0.356 e. The fourth-order valence-corrected chi connectivity index (χ4v) is 1.07. The average Bonchev–Trinajstić information content (AvgIpc) is 2.13. The SMILES string of the molecule is O=[C]C1CCCNC(=O)C1. The summed E-state index contributed by atoms with van der Waals surface area (Å²) in [5, 5.41) is 2.69. The van der Waals surface area contributed by atoms with E-state index < -0.39 is 0 Å². The van der Waals surface area contributed by atoms with Crippen LogP contribution in [0, 0.1) is 5.92 Å². The maximum absolute atomic E-state index is 10.8. The van der Waals surface area contributed by atoms with Crippen LogP contribution in [0.1, 0.15) is 19.3 Å². The molecule has 0 aromatic carbocycles. The van der Waals surface area contributed by atoms with Crippen LogP contribution < -0.4 is 5.32 Å². The van der Waals surface area contributed by atoms with E-state index in [4.69, 9.17) is 0 Å². The summed E-state index contributed by atoms with van der Waals surface area (Å²) in [6, 6.07) is 0. The molecule has 1 unspecified atom stereocenters. The van der Waals surface area contributed by atoms with Crippen molar-refractivity contribution in [3.05, 3.63) is 0 Å². The van der Waals surface area contributed by atoms with Gasteiger partial charge in [-0.1, -0.05) is 0 Å². The van der Waals surface area contributed by atoms with Crippen LogP contribution in [0.3, 0.4) is 0 Å². The van der Waals surface area contributed by atoms with Crippen molar-refractivity contribution in [2.45, 2.75) is 19.3 Å². The van der Waals surface area contributed by atoms with Crippen molar-refractivity contribution in [3.63, 3.8) is 0 Å². The van der Waals surface area contributed by atoms with E-state index in [1.807, 2.05) is 6.29 Å². The van der Waals surface area contributed by atoms with Crippen molar-refractivity contribution >= 4 is 12.2 Å². The van der Waals surface area contributed by atoms with Crippen molar-refractivity contribution in [1.82, 2.24) is 5.32 Å². The highest BCUT2D eigenvalue weighted by Gasteiger charge is 2.16. The number of hydrogen-bond acceptors (Lipinski definition) is 2. The molecule has 1 aliphatic heterocycles. The molecule has 0 aliphatic carbocycles. The number of hydrogen-bond donors (Lipinski definition) is 1. The van der Waals surface area contributed by atoms with Gasteiger partial charge in [-0.3, -0.25) is 9.59 Å². The van der Waals surface area contributed by atoms with E-state index >= 15 is 0 Å². The Morgan fingerprint density at radius 3 is 3.10 bits per heavy atom. The number of carbonyl (C=O) groups excluding carboxylic acids is 2. The Morgan fingerprint density at radius 1 is 1.60 bits per heavy atom. The highest BCUT2D eigenvalue weighted by molar-refractivity contribution is 5.79. The Hall–Kier alpha value is -0.860. The molecule has 0 bridgehead atoms. The molecule has 1 heterocycles. The second-order valence-electron chi connectivity index (χ2n) is 2.51. The van der Waals surface area contributed by atoms with Crippen molar-refractivity contribution in [3.8, 4) is 0 Å². The molecule has 0 spiro atoms. The molecule has 3 heteroatoms. The highest BCUT2D eigenvalue weighted by atomic mass is 16.1. The molecule has 10 heavy (non-hydrogen) atoms. The summed E-state index contributed by atoms with van der Waals surface area (Å²) < 4.78 is 0. The zero-order valence-electron chi connectivity index (χ0n) is 5.72. The van der Waals surface area contributed by atoms with E-state index in [1.54, 1.807) is 0 Å². The standard InChI is InChI=1S/C7H10NO2/c9-5-6-2-1-3-8-7(10)4-6/h6H,1-4H2,(H,8,10). The smallest absolute Gasteiger partial charge is 0.220 e. The second kappa shape index (κ2) is 3.34. The first kappa shape index (κ1) is 7.25. The molecule has 1 atom stereocenters. The van der Waals surface area contributed by atoms with E-state index in [0.717, 1.165) is 12.8 Å². The molecule has 0 aromatic heterocycles. The molecule has 1 fully saturated rings. The molecule has 0 saturated carbocycles. The third kappa shape index (κ3) is 1.83. The van der Waals surface area contributed by atoms with Crippen molar-refractivity contribution < 1.29 is 9.59 Å². The molecule has 1 radical (unpaired) electrons. The Balaban J connectivity index is 2.45. The summed E-state index contributed by atoms with van der Waals surface area (Å²) in [5.74, 6) is -0.187. The third-order valence-electron chi connectivity index (χ3n) is 1.65. The van der Waals surface area contributed by atoms with Crippen LogP contribution in [0.25, 0.3) is 0 Å². The van der Waals surface area contributed by atoms with E-state index in [2.05, 4.69) is 5.32 Å². The second-order valence-corrected chi connectivity index (χ2v) is 2.51. The lowest BCUT2D eigenvalue weighted by Gasteiger charge is -1.99. The third-order valence-corrected chi connectivity index (χ3v) is 1.65. The molecule has 1 amide bonds. The van der Waals surface area contributed by atoms with Gasteiger partial charge in [0.1, 0.15) is 0 Å². The lowest BCUT2D eigenvalue weighted by atomic mass is 10.0. The Morgan fingerprint density at radius 2 is 2.40 bits per heavy atom. The van der Waals surface area contributed by atoms with E-state index in [0.29, 0.717) is 13.0 Å². The normalized spacial score (nSPS) is 26.8. The highest BCUT2D eigenvalue weighted by Crippen LogP contribution is 2.10. The Labute approximate surface area is 59.8 Å². The van der Waals surface area contributed by atoms with E-state index in [-0.39, 0.29) is 11.8 Å². The van der Waals surface area contributed by atoms with E-state index in [1.165, 1.54) is 0 Å². The monoisotopic (exact) mass is 140 g/mol. The average molecular weight is 140 g/mol. The summed E-state index contributed by atoms with van der Waals surface area (Å²) in [7, 11) is 0. The lowest BCUT2D eigenvalue weighted by Crippen LogP contribution is -2.22. The van der Waals surface area contributed by atoms with E-state index in [9.17, 15) is 9.59 Å². The fourth-order valence-electron chi connectivity index (χ4n) is 1.07. The largest absolute Gasteiger partial charge is 0.356 e. The first-order chi connectivity index (χ1) is 4.83. The zero-order valence-corrected chi connectivity index (χ0v) is 5.72. The van der Waals surface area contributed by atoms with Crippen LogP contribution in [0.4, 0.5) is 0 Å². The molecule has 0 aromatic rings. The van der Waals surface area contributed by atoms with Gasteiger partial charge in [0.2, 0.25) is 12.2 Å². The number of amides is 1. The maximum atomic E-state index is 10.8. The molecule has 55 valence electrons. The molecule has 1 aliphatic rings. The maximum Gasteiger partial charge on any atom is 0.220 e. The lowest BCUT2D eigenvalue weighted by molar-refractivity contribution is -0.121. The number of nitrogens with one attached hydrogen (secondary N) is 1. The van der Waals surface area contributed by atoms with Crippen LogP contribution >= 0.6 is 0 Å². The number of rotatable bonds is 1. The van der Waals surface area contributed by atoms with Crippen LogP contribution in [0.5, 0.6) is 0 Å². The van der Waals surface area contributed by atoms with Gasteiger partial charge in [-0.05, 0) is 12.8 Å². The van der Waals surface area contributed by atoms with Crippen LogP contribution in [0.2, 0.25) is 0 Å². The minimum absolute atomic E-state index is 0.0224. The Bertz CT molecular complexity index is 145. The molecule has 1 rings (SSSR count). The number of carbonyl (C=O) groups is 1. The fraction of sp³-hybridized carbons (Fsp3) is 0.714. The van der Waals surface area contributed by atoms with Crippen molar-refractivity contribution in [1.29, 1.82) is 0 Å². The molecule has 3 nitrogen and oxygen atoms in total. The van der Waals surface area contributed by atoms with Crippen LogP contribution in [-0.4, -0.2) is 18.7 Å². The summed E-state index contributed by atoms with van der Waals surface area (Å²) >= 11 is 0. The Kier molecular flexibility index (Phi) is 2.42. The topological polar surface area (TPSA) is 46.2 Å². The summed E-state index contributed by atoms with van der Waals surface area (Å²) in [4.78, 5) is 20.9. The van der Waals surface area contributed by atoms with Crippen molar-refractivity contribution in [2.24, 2.45) is 5.92 Å². The zero-order chi connectivity index (χ0) is 7.40. The predicted octanol–water partition coefficient (Wildman–Crippen LogP) is 0.0124. The van der Waals surface area contributed by atoms with Crippen molar-refractivity contribution in [2.75, 3.05) is 6.54 Å². The minimum atomic E-state index is -0.164. The van der Waals surface area contributed by atoms with Gasteiger partial charge >= 0.3 is 0 Å². The quantitative estimate of drug-likeness (QED) is 0.557. The van der Waals surface area contributed by atoms with Gasteiger partial charge in [0.15, 0.2) is 0 Å². The van der Waals surface area contributed by atoms with Gasteiger partial charge in [0, 0.05) is 18.9 Å². The van der Waals surface area contributed by atoms with Crippen LogP contribution in [-0.2, 0) is 9.59 Å². The summed E-state index contributed by atoms with van der Waals surface area (Å²) in [6.07, 6.45) is 3.87. The summed E-state index contributed by atoms with van der Waals surface area (Å²) in [5.41, 5.74) is 0. The van der Waals surface area contributed by atoms with Gasteiger partial charge < -0.3 is 5.32 Å². The molecule has 1 saturated heterocycles. The molecular weight excluding hydrogens is 130 g/mol. The molecule has 1 N–H and O–H groups in total.